The summed E-state index contributed by atoms with van der Waals surface area (Å²) in [6.45, 7) is 1.61. The first kappa shape index (κ1) is 12.4. The van der Waals surface area contributed by atoms with Gasteiger partial charge in [-0.05, 0) is 30.7 Å². The number of aliphatic hydroxyl groups excluding tert-OH is 1. The molecule has 0 spiro atoms. The fraction of sp³-hybridized carbons (Fsp3) is 0.154. The van der Waals surface area contributed by atoms with Crippen molar-refractivity contribution >= 4 is 0 Å². The van der Waals surface area contributed by atoms with E-state index in [0.29, 0.717) is 5.56 Å². The highest BCUT2D eigenvalue weighted by Crippen LogP contribution is 2.24. The first-order chi connectivity index (χ1) is 8.56. The Morgan fingerprint density at radius 2 is 2.00 bits per heavy atom. The van der Waals surface area contributed by atoms with Crippen molar-refractivity contribution in [1.82, 2.24) is 4.98 Å². The minimum absolute atomic E-state index is 0.103. The van der Waals surface area contributed by atoms with Crippen molar-refractivity contribution in [1.29, 1.82) is 0 Å². The van der Waals surface area contributed by atoms with Gasteiger partial charge in [-0.3, -0.25) is 0 Å². The summed E-state index contributed by atoms with van der Waals surface area (Å²) in [5.41, 5.74) is 0.627. The third kappa shape index (κ3) is 2.81. The van der Waals surface area contributed by atoms with Crippen LogP contribution in [0.5, 0.6) is 11.6 Å². The van der Waals surface area contributed by atoms with Gasteiger partial charge in [0.05, 0.1) is 6.10 Å². The quantitative estimate of drug-likeness (QED) is 0.910. The van der Waals surface area contributed by atoms with Crippen molar-refractivity contribution < 1.29 is 18.6 Å². The molecule has 1 aromatic heterocycles. The van der Waals surface area contributed by atoms with Gasteiger partial charge in [0.2, 0.25) is 5.88 Å². The molecule has 3 nitrogen and oxygen atoms in total. The van der Waals surface area contributed by atoms with Crippen LogP contribution in [0, 0.1) is 11.6 Å². The number of benzene rings is 1. The molecule has 1 N–H and O–H groups in total. The van der Waals surface area contributed by atoms with Crippen LogP contribution in [0.15, 0.2) is 36.5 Å². The molecule has 0 aliphatic rings. The third-order valence-electron chi connectivity index (χ3n) is 2.35. The number of ether oxygens (including phenoxy) is 1. The summed E-state index contributed by atoms with van der Waals surface area (Å²) in [6.07, 6.45) is 0.802. The van der Waals surface area contributed by atoms with Crippen LogP contribution in [0.2, 0.25) is 0 Å². The molecule has 0 unspecified atom stereocenters. The van der Waals surface area contributed by atoms with E-state index < -0.39 is 17.7 Å². The molecule has 0 fully saturated rings. The minimum atomic E-state index is -0.795. The zero-order valence-corrected chi connectivity index (χ0v) is 9.60. The zero-order chi connectivity index (χ0) is 13.1. The maximum atomic E-state index is 13.3. The van der Waals surface area contributed by atoms with Gasteiger partial charge in [-0.15, -0.1) is 0 Å². The molecule has 5 heteroatoms. The van der Waals surface area contributed by atoms with Crippen LogP contribution < -0.4 is 4.74 Å². The number of halogens is 2. The predicted molar refractivity (Wildman–Crippen MR) is 61.3 cm³/mol. The van der Waals surface area contributed by atoms with Gasteiger partial charge in [0.1, 0.15) is 5.82 Å². The number of nitrogens with zero attached hydrogens (tertiary/aromatic N) is 1. The Morgan fingerprint density at radius 1 is 1.22 bits per heavy atom. The summed E-state index contributed by atoms with van der Waals surface area (Å²) >= 11 is 0. The lowest BCUT2D eigenvalue weighted by Gasteiger charge is -2.07. The normalized spacial score (nSPS) is 12.2. The Labute approximate surface area is 103 Å². The van der Waals surface area contributed by atoms with Crippen LogP contribution in [0.25, 0.3) is 0 Å². The number of aliphatic hydroxyl groups is 1. The molecule has 1 aromatic carbocycles. The highest BCUT2D eigenvalue weighted by atomic mass is 19.1. The van der Waals surface area contributed by atoms with E-state index in [9.17, 15) is 13.9 Å². The maximum absolute atomic E-state index is 13.3. The highest BCUT2D eigenvalue weighted by molar-refractivity contribution is 5.29. The molecule has 1 atom stereocenters. The Balaban J connectivity index is 2.18. The molecule has 1 heterocycles. The van der Waals surface area contributed by atoms with Gasteiger partial charge in [-0.25, -0.2) is 13.8 Å². The minimum Gasteiger partial charge on any atom is -0.436 e. The lowest BCUT2D eigenvalue weighted by Crippen LogP contribution is -1.95. The number of hydrogen-bond donors (Lipinski definition) is 1. The van der Waals surface area contributed by atoms with Crippen molar-refractivity contribution in [3.05, 3.63) is 53.7 Å². The Morgan fingerprint density at radius 3 is 2.56 bits per heavy atom. The van der Waals surface area contributed by atoms with Crippen LogP contribution >= 0.6 is 0 Å². The topological polar surface area (TPSA) is 42.4 Å². The second-order valence-corrected chi connectivity index (χ2v) is 3.78. The SMILES string of the molecule is C[C@@H](O)c1ccc(Oc2ccc(F)cc2F)nc1. The van der Waals surface area contributed by atoms with E-state index in [1.54, 1.807) is 13.0 Å². The van der Waals surface area contributed by atoms with Gasteiger partial charge >= 0.3 is 0 Å². The molecule has 0 amide bonds. The molecular weight excluding hydrogens is 240 g/mol. The van der Waals surface area contributed by atoms with Crippen LogP contribution in [0.4, 0.5) is 8.78 Å². The maximum Gasteiger partial charge on any atom is 0.219 e. The number of hydrogen-bond acceptors (Lipinski definition) is 3. The van der Waals surface area contributed by atoms with E-state index >= 15 is 0 Å². The van der Waals surface area contributed by atoms with Crippen molar-refractivity contribution in [3.63, 3.8) is 0 Å². The van der Waals surface area contributed by atoms with Gasteiger partial charge in [0, 0.05) is 18.3 Å². The van der Waals surface area contributed by atoms with E-state index in [0.717, 1.165) is 12.1 Å². The molecule has 0 aliphatic carbocycles. The van der Waals surface area contributed by atoms with Crippen molar-refractivity contribution in [2.24, 2.45) is 0 Å². The van der Waals surface area contributed by atoms with Crippen molar-refractivity contribution in [3.8, 4) is 11.6 Å². The van der Waals surface area contributed by atoms with Crippen LogP contribution in [-0.4, -0.2) is 10.1 Å². The highest BCUT2D eigenvalue weighted by Gasteiger charge is 2.07. The molecule has 0 saturated heterocycles. The molecule has 2 aromatic rings. The van der Waals surface area contributed by atoms with Gasteiger partial charge in [0.25, 0.3) is 0 Å². The Hall–Kier alpha value is -2.01. The summed E-state index contributed by atoms with van der Waals surface area (Å²) < 4.78 is 31.2. The van der Waals surface area contributed by atoms with E-state index in [1.165, 1.54) is 18.3 Å². The van der Waals surface area contributed by atoms with E-state index in [1.807, 2.05) is 0 Å². The van der Waals surface area contributed by atoms with E-state index in [-0.39, 0.29) is 11.6 Å². The summed E-state index contributed by atoms with van der Waals surface area (Å²) in [7, 11) is 0. The van der Waals surface area contributed by atoms with Crippen LogP contribution in [-0.2, 0) is 0 Å². The molecule has 0 aliphatic heterocycles. The first-order valence-corrected chi connectivity index (χ1v) is 5.33. The smallest absolute Gasteiger partial charge is 0.219 e. The van der Waals surface area contributed by atoms with Crippen LogP contribution in [0.1, 0.15) is 18.6 Å². The van der Waals surface area contributed by atoms with E-state index in [2.05, 4.69) is 4.98 Å². The fourth-order valence-electron chi connectivity index (χ4n) is 1.37. The number of aromatic nitrogens is 1. The third-order valence-corrected chi connectivity index (χ3v) is 2.35. The molecular formula is C13H11F2NO2. The summed E-state index contributed by atoms with van der Waals surface area (Å²) in [4.78, 5) is 3.92. The van der Waals surface area contributed by atoms with Crippen molar-refractivity contribution in [2.75, 3.05) is 0 Å². The van der Waals surface area contributed by atoms with Gasteiger partial charge in [0.15, 0.2) is 11.6 Å². The van der Waals surface area contributed by atoms with Gasteiger partial charge in [-0.2, -0.15) is 0 Å². The number of rotatable bonds is 3. The molecule has 0 saturated carbocycles. The zero-order valence-electron chi connectivity index (χ0n) is 9.60. The van der Waals surface area contributed by atoms with Gasteiger partial charge in [-0.1, -0.05) is 0 Å². The van der Waals surface area contributed by atoms with Crippen molar-refractivity contribution in [2.45, 2.75) is 13.0 Å². The lowest BCUT2D eigenvalue weighted by atomic mass is 10.2. The molecule has 2 rings (SSSR count). The summed E-state index contributed by atoms with van der Waals surface area (Å²) in [5.74, 6) is -1.40. The average Bonchev–Trinajstić information content (AvgIpc) is 2.33. The fourth-order valence-corrected chi connectivity index (χ4v) is 1.37. The Kier molecular flexibility index (Phi) is 3.53. The largest absolute Gasteiger partial charge is 0.436 e. The monoisotopic (exact) mass is 251 g/mol. The van der Waals surface area contributed by atoms with Gasteiger partial charge < -0.3 is 9.84 Å². The van der Waals surface area contributed by atoms with Crippen LogP contribution in [0.3, 0.4) is 0 Å². The molecule has 18 heavy (non-hydrogen) atoms. The number of pyridine rings is 1. The molecule has 0 bridgehead atoms. The second kappa shape index (κ2) is 5.10. The Bertz CT molecular complexity index is 541. The summed E-state index contributed by atoms with van der Waals surface area (Å²) in [6, 6.07) is 6.15. The molecule has 0 radical (unpaired) electrons. The van der Waals surface area contributed by atoms with E-state index in [4.69, 9.17) is 4.74 Å². The first-order valence-electron chi connectivity index (χ1n) is 5.33. The second-order valence-electron chi connectivity index (χ2n) is 3.78. The summed E-state index contributed by atoms with van der Waals surface area (Å²) in [5, 5.41) is 9.30. The molecule has 94 valence electrons. The average molecular weight is 251 g/mol. The predicted octanol–water partition coefficient (Wildman–Crippen LogP) is 3.21. The standard InChI is InChI=1S/C13H11F2NO2/c1-8(17)9-2-5-13(16-7-9)18-12-4-3-10(14)6-11(12)15/h2-8,17H,1H3/t8-/m1/s1. The lowest BCUT2D eigenvalue weighted by molar-refractivity contribution is 0.198.